The van der Waals surface area contributed by atoms with E-state index in [9.17, 15) is 4.79 Å². The van der Waals surface area contributed by atoms with Crippen LogP contribution in [0.25, 0.3) is 0 Å². The molecule has 0 radical (unpaired) electrons. The fourth-order valence-electron chi connectivity index (χ4n) is 0.876. The van der Waals surface area contributed by atoms with Crippen LogP contribution in [0.1, 0.15) is 40.1 Å². The molecule has 4 nitrogen and oxygen atoms in total. The van der Waals surface area contributed by atoms with Gasteiger partial charge >= 0.3 is 0 Å². The number of carbonyl (C=O) groups is 1. The van der Waals surface area contributed by atoms with Gasteiger partial charge in [-0.25, -0.2) is 9.97 Å². The van der Waals surface area contributed by atoms with Crippen molar-refractivity contribution in [3.05, 3.63) is 23.8 Å². The van der Waals surface area contributed by atoms with Crippen LogP contribution in [0.15, 0.2) is 12.4 Å². The van der Waals surface area contributed by atoms with Gasteiger partial charge in [0.05, 0.1) is 0 Å². The third-order valence-electron chi connectivity index (χ3n) is 1.63. The fourth-order valence-corrected chi connectivity index (χ4v) is 0.876. The molecule has 4 heteroatoms. The molecule has 1 N–H and O–H groups in total. The Morgan fingerprint density at radius 1 is 1.62 bits per heavy atom. The Morgan fingerprint density at radius 3 is 3.00 bits per heavy atom. The van der Waals surface area contributed by atoms with Crippen molar-refractivity contribution in [3.8, 4) is 0 Å². The fraction of sp³-hybridized carbons (Fsp3) is 0.444. The smallest absolute Gasteiger partial charge is 0.269 e. The minimum absolute atomic E-state index is 0.0647. The molecule has 1 aromatic heterocycles. The van der Waals surface area contributed by atoms with E-state index in [2.05, 4.69) is 9.97 Å². The van der Waals surface area contributed by atoms with Crippen LogP contribution in [-0.2, 0) is 0 Å². The Labute approximate surface area is 81.6 Å². The normalized spacial score (nSPS) is 14.5. The second-order valence-electron chi connectivity index (χ2n) is 2.94. The molecule has 1 aromatic rings. The van der Waals surface area contributed by atoms with Crippen LogP contribution in [0.5, 0.6) is 0 Å². The van der Waals surface area contributed by atoms with Gasteiger partial charge < -0.3 is 5.32 Å². The molecule has 0 aliphatic heterocycles. The summed E-state index contributed by atoms with van der Waals surface area (Å²) in [6, 6.07) is 1.49. The summed E-state index contributed by atoms with van der Waals surface area (Å²) in [5, 5.41) is 1.87. The third kappa shape index (κ3) is 2.24. The first kappa shape index (κ1) is 6.07. The van der Waals surface area contributed by atoms with Crippen LogP contribution in [0.3, 0.4) is 0 Å². The second kappa shape index (κ2) is 3.98. The summed E-state index contributed by atoms with van der Waals surface area (Å²) in [5.74, 6) is -0.563. The van der Waals surface area contributed by atoms with E-state index in [1.165, 1.54) is 12.4 Å². The maximum absolute atomic E-state index is 11.5. The molecule has 0 aliphatic carbocycles. The highest BCUT2D eigenvalue weighted by atomic mass is 16.1. The lowest BCUT2D eigenvalue weighted by Gasteiger charge is -2.04. The summed E-state index contributed by atoms with van der Waals surface area (Å²) >= 11 is 0. The highest BCUT2D eigenvalue weighted by Crippen LogP contribution is 2.10. The number of nitrogens with zero attached hydrogens (tertiary/aromatic N) is 2. The summed E-state index contributed by atoms with van der Waals surface area (Å²) in [7, 11) is 0. The van der Waals surface area contributed by atoms with Crippen LogP contribution in [0.4, 0.5) is 0 Å². The maximum Gasteiger partial charge on any atom is 0.269 e. The van der Waals surface area contributed by atoms with Crippen molar-refractivity contribution < 1.29 is 8.91 Å². The van der Waals surface area contributed by atoms with Gasteiger partial charge in [0, 0.05) is 16.8 Å². The molecule has 0 spiro atoms. The zero-order valence-corrected chi connectivity index (χ0v) is 7.53. The average molecular weight is 182 g/mol. The first-order valence-electron chi connectivity index (χ1n) is 5.44. The van der Waals surface area contributed by atoms with Crippen molar-refractivity contribution >= 4 is 5.91 Å². The molecular weight excluding hydrogens is 166 g/mol. The molecule has 0 fully saturated rings. The van der Waals surface area contributed by atoms with Crippen molar-refractivity contribution in [1.29, 1.82) is 0 Å². The number of aromatic nitrogens is 2. The molecule has 0 aromatic carbocycles. The second-order valence-corrected chi connectivity index (χ2v) is 2.94. The van der Waals surface area contributed by atoms with Gasteiger partial charge in [0.2, 0.25) is 0 Å². The van der Waals surface area contributed by atoms with Gasteiger partial charge in [-0.15, -0.1) is 0 Å². The maximum atomic E-state index is 11.5. The van der Waals surface area contributed by atoms with Crippen molar-refractivity contribution in [2.45, 2.75) is 19.8 Å². The molecule has 0 saturated heterocycles. The SMILES string of the molecule is [2H]C([2H])([2H])NC(=O)c1cc(C(C)C)ncn1. The van der Waals surface area contributed by atoms with Crippen LogP contribution < -0.4 is 5.32 Å². The van der Waals surface area contributed by atoms with Crippen molar-refractivity contribution in [2.24, 2.45) is 0 Å². The molecule has 0 atom stereocenters. The first-order chi connectivity index (χ1) is 7.29. The number of hydrogen-bond donors (Lipinski definition) is 1. The number of hydrogen-bond acceptors (Lipinski definition) is 3. The minimum atomic E-state index is -2.50. The Bertz CT molecular complexity index is 390. The van der Waals surface area contributed by atoms with Gasteiger partial charge in [-0.1, -0.05) is 13.8 Å². The van der Waals surface area contributed by atoms with Gasteiger partial charge in [-0.3, -0.25) is 4.79 Å². The zero-order chi connectivity index (χ0) is 12.3. The van der Waals surface area contributed by atoms with Crippen molar-refractivity contribution in [3.63, 3.8) is 0 Å². The van der Waals surface area contributed by atoms with E-state index in [0.29, 0.717) is 5.69 Å². The summed E-state index contributed by atoms with van der Waals surface area (Å²) < 4.78 is 20.7. The van der Waals surface area contributed by atoms with Gasteiger partial charge in [0.25, 0.3) is 5.91 Å². The summed E-state index contributed by atoms with van der Waals surface area (Å²) in [5.41, 5.74) is 0.764. The third-order valence-corrected chi connectivity index (χ3v) is 1.63. The van der Waals surface area contributed by atoms with Crippen molar-refractivity contribution in [1.82, 2.24) is 15.3 Å². The van der Waals surface area contributed by atoms with Crippen LogP contribution in [0, 0.1) is 0 Å². The number of amides is 1. The Morgan fingerprint density at radius 2 is 2.38 bits per heavy atom. The Balaban J connectivity index is 2.88. The first-order valence-corrected chi connectivity index (χ1v) is 3.94. The van der Waals surface area contributed by atoms with Gasteiger partial charge in [-0.2, -0.15) is 0 Å². The average Bonchev–Trinajstić information content (AvgIpc) is 2.15. The van der Waals surface area contributed by atoms with Crippen LogP contribution in [0.2, 0.25) is 0 Å². The van der Waals surface area contributed by atoms with Gasteiger partial charge in [0.15, 0.2) is 0 Å². The summed E-state index contributed by atoms with van der Waals surface area (Å²) in [4.78, 5) is 19.2. The largest absolute Gasteiger partial charge is 0.354 e. The molecule has 0 bridgehead atoms. The van der Waals surface area contributed by atoms with Crippen LogP contribution in [-0.4, -0.2) is 22.9 Å². The molecule has 1 rings (SSSR count). The molecular formula is C9H13N3O. The minimum Gasteiger partial charge on any atom is -0.354 e. The van der Waals surface area contributed by atoms with Gasteiger partial charge in [-0.05, 0) is 12.0 Å². The molecule has 70 valence electrons. The van der Waals surface area contributed by atoms with Crippen LogP contribution >= 0.6 is 0 Å². The molecule has 0 saturated carbocycles. The highest BCUT2D eigenvalue weighted by Gasteiger charge is 2.07. The lowest BCUT2D eigenvalue weighted by atomic mass is 10.1. The molecule has 1 amide bonds. The number of rotatable bonds is 2. The van der Waals surface area contributed by atoms with Crippen molar-refractivity contribution in [2.75, 3.05) is 6.98 Å². The molecule has 13 heavy (non-hydrogen) atoms. The lowest BCUT2D eigenvalue weighted by Crippen LogP contribution is -2.19. The molecule has 0 unspecified atom stereocenters. The van der Waals surface area contributed by atoms with E-state index >= 15 is 0 Å². The predicted octanol–water partition coefficient (Wildman–Crippen LogP) is 0.960. The van der Waals surface area contributed by atoms with E-state index in [1.54, 1.807) is 0 Å². The highest BCUT2D eigenvalue weighted by molar-refractivity contribution is 5.91. The van der Waals surface area contributed by atoms with E-state index in [0.717, 1.165) is 0 Å². The van der Waals surface area contributed by atoms with Gasteiger partial charge in [0.1, 0.15) is 12.0 Å². The van der Waals surface area contributed by atoms with E-state index in [1.807, 2.05) is 19.2 Å². The quantitative estimate of drug-likeness (QED) is 0.741. The standard InChI is InChI=1S/C9H13N3O/c1-6(2)7-4-8(9(13)10-3)12-5-11-7/h4-6H,1-3H3,(H,10,13)/i3D3. The molecule has 1 heterocycles. The monoisotopic (exact) mass is 182 g/mol. The topological polar surface area (TPSA) is 54.9 Å². The van der Waals surface area contributed by atoms with E-state index in [-0.39, 0.29) is 11.6 Å². The number of nitrogens with one attached hydrogen (secondary N) is 1. The predicted molar refractivity (Wildman–Crippen MR) is 49.5 cm³/mol. The van der Waals surface area contributed by atoms with E-state index < -0.39 is 12.9 Å². The summed E-state index contributed by atoms with van der Waals surface area (Å²) in [6.07, 6.45) is 1.25. The summed E-state index contributed by atoms with van der Waals surface area (Å²) in [6.45, 7) is 1.35. The zero-order valence-electron chi connectivity index (χ0n) is 10.5. The number of carbonyl (C=O) groups excluding carboxylic acids is 1. The Hall–Kier alpha value is -1.45. The van der Waals surface area contributed by atoms with E-state index in [4.69, 9.17) is 4.11 Å². The lowest BCUT2D eigenvalue weighted by molar-refractivity contribution is 0.0958. The molecule has 0 aliphatic rings. The Kier molecular flexibility index (Phi) is 1.86.